The van der Waals surface area contributed by atoms with Gasteiger partial charge in [0.25, 0.3) is 0 Å². The predicted octanol–water partition coefficient (Wildman–Crippen LogP) is 3.13. The lowest BCUT2D eigenvalue weighted by atomic mass is 10.1. The first-order chi connectivity index (χ1) is 10.1. The second kappa shape index (κ2) is 7.92. The molecule has 1 fully saturated rings. The molecule has 0 saturated carbocycles. The van der Waals surface area contributed by atoms with Crippen LogP contribution in [0.1, 0.15) is 47.5 Å². The van der Waals surface area contributed by atoms with Crippen LogP contribution in [-0.4, -0.2) is 31.8 Å². The smallest absolute Gasteiger partial charge is 0.222 e. The molecule has 1 saturated heterocycles. The van der Waals surface area contributed by atoms with E-state index in [0.717, 1.165) is 26.1 Å². The molecule has 5 heteroatoms. The molecule has 2 rings (SSSR count). The van der Waals surface area contributed by atoms with Gasteiger partial charge in [-0.1, -0.05) is 0 Å². The minimum absolute atomic E-state index is 0.0535. The summed E-state index contributed by atoms with van der Waals surface area (Å²) < 4.78 is 11.0. The number of aryl methyl sites for hydroxylation is 2. The van der Waals surface area contributed by atoms with Gasteiger partial charge in [0.2, 0.25) is 5.91 Å². The zero-order valence-electron chi connectivity index (χ0n) is 13.1. The topological polar surface area (TPSA) is 47.6 Å². The highest BCUT2D eigenvalue weighted by molar-refractivity contribution is 7.12. The lowest BCUT2D eigenvalue weighted by Gasteiger charge is -2.22. The Bertz CT molecular complexity index is 466. The van der Waals surface area contributed by atoms with E-state index in [-0.39, 0.29) is 18.1 Å². The average molecular weight is 311 g/mol. The van der Waals surface area contributed by atoms with Crippen LogP contribution in [0.2, 0.25) is 0 Å². The fourth-order valence-electron chi connectivity index (χ4n) is 2.63. The Hall–Kier alpha value is -0.910. The van der Waals surface area contributed by atoms with Crippen molar-refractivity contribution >= 4 is 17.2 Å². The van der Waals surface area contributed by atoms with Crippen LogP contribution in [0.15, 0.2) is 6.07 Å². The maximum Gasteiger partial charge on any atom is 0.222 e. The number of hydrogen-bond acceptors (Lipinski definition) is 4. The fourth-order valence-corrected chi connectivity index (χ4v) is 3.66. The van der Waals surface area contributed by atoms with E-state index in [1.54, 1.807) is 11.3 Å². The van der Waals surface area contributed by atoms with Gasteiger partial charge in [0, 0.05) is 29.4 Å². The summed E-state index contributed by atoms with van der Waals surface area (Å²) in [5, 5.41) is 3.05. The Morgan fingerprint density at radius 1 is 1.48 bits per heavy atom. The van der Waals surface area contributed by atoms with Crippen molar-refractivity contribution in [1.82, 2.24) is 5.32 Å². The maximum absolute atomic E-state index is 12.0. The third-order valence-corrected chi connectivity index (χ3v) is 4.76. The van der Waals surface area contributed by atoms with Crippen LogP contribution in [-0.2, 0) is 14.3 Å². The molecule has 1 aliphatic rings. The van der Waals surface area contributed by atoms with Crippen molar-refractivity contribution in [3.8, 4) is 0 Å². The van der Waals surface area contributed by atoms with Gasteiger partial charge in [-0.25, -0.2) is 0 Å². The summed E-state index contributed by atoms with van der Waals surface area (Å²) >= 11 is 1.77. The predicted molar refractivity (Wildman–Crippen MR) is 84.8 cm³/mol. The van der Waals surface area contributed by atoms with Crippen LogP contribution >= 0.6 is 11.3 Å². The molecule has 1 atom stereocenters. The number of thiophene rings is 1. The molecule has 1 aromatic heterocycles. The van der Waals surface area contributed by atoms with Gasteiger partial charge in [0.05, 0.1) is 18.8 Å². The minimum Gasteiger partial charge on any atom is -0.381 e. The highest BCUT2D eigenvalue weighted by atomic mass is 32.1. The normalized spacial score (nSPS) is 17.7. The molecule has 4 nitrogen and oxygen atoms in total. The fraction of sp³-hybridized carbons (Fsp3) is 0.688. The van der Waals surface area contributed by atoms with Crippen molar-refractivity contribution in [2.24, 2.45) is 0 Å². The van der Waals surface area contributed by atoms with Crippen LogP contribution in [0, 0.1) is 13.8 Å². The standard InChI is InChI=1S/C16H25NO3S/c1-11-10-15(13(3)21-11)12(2)17-16(18)6-9-20-14-4-7-19-8-5-14/h10,12,14H,4-9H2,1-3H3,(H,17,18). The zero-order valence-corrected chi connectivity index (χ0v) is 13.9. The monoisotopic (exact) mass is 311 g/mol. The van der Waals surface area contributed by atoms with Gasteiger partial charge in [-0.15, -0.1) is 11.3 Å². The summed E-state index contributed by atoms with van der Waals surface area (Å²) in [7, 11) is 0. The molecule has 1 amide bonds. The number of rotatable bonds is 6. The molecule has 0 spiro atoms. The Morgan fingerprint density at radius 2 is 2.19 bits per heavy atom. The Labute approximate surface area is 130 Å². The van der Waals surface area contributed by atoms with Crippen molar-refractivity contribution in [1.29, 1.82) is 0 Å². The van der Waals surface area contributed by atoms with Gasteiger partial charge in [-0.05, 0) is 45.2 Å². The van der Waals surface area contributed by atoms with E-state index in [1.807, 2.05) is 6.92 Å². The number of carbonyl (C=O) groups is 1. The molecule has 1 N–H and O–H groups in total. The number of hydrogen-bond donors (Lipinski definition) is 1. The van der Waals surface area contributed by atoms with Crippen LogP contribution in [0.4, 0.5) is 0 Å². The first-order valence-electron chi connectivity index (χ1n) is 7.62. The van der Waals surface area contributed by atoms with E-state index < -0.39 is 0 Å². The molecule has 0 aliphatic carbocycles. The second-order valence-electron chi connectivity index (χ2n) is 5.59. The molecule has 0 bridgehead atoms. The maximum atomic E-state index is 12.0. The third-order valence-electron chi connectivity index (χ3n) is 3.77. The van der Waals surface area contributed by atoms with Gasteiger partial charge >= 0.3 is 0 Å². The molecule has 2 heterocycles. The minimum atomic E-state index is 0.0535. The van der Waals surface area contributed by atoms with Crippen molar-refractivity contribution in [3.63, 3.8) is 0 Å². The first kappa shape index (κ1) is 16.5. The summed E-state index contributed by atoms with van der Waals surface area (Å²) in [6.45, 7) is 8.26. The molecular weight excluding hydrogens is 286 g/mol. The molecule has 1 aromatic rings. The van der Waals surface area contributed by atoms with Crippen LogP contribution < -0.4 is 5.32 Å². The number of amides is 1. The molecule has 118 valence electrons. The summed E-state index contributed by atoms with van der Waals surface area (Å²) in [6, 6.07) is 2.22. The summed E-state index contributed by atoms with van der Waals surface area (Å²) in [4.78, 5) is 14.5. The van der Waals surface area contributed by atoms with Crippen molar-refractivity contribution in [2.45, 2.75) is 52.2 Å². The van der Waals surface area contributed by atoms with E-state index in [4.69, 9.17) is 9.47 Å². The lowest BCUT2D eigenvalue weighted by molar-refractivity contribution is -0.123. The summed E-state index contributed by atoms with van der Waals surface area (Å²) in [6.07, 6.45) is 2.55. The van der Waals surface area contributed by atoms with E-state index in [2.05, 4.69) is 25.2 Å². The lowest BCUT2D eigenvalue weighted by Crippen LogP contribution is -2.29. The zero-order chi connectivity index (χ0) is 15.2. The van der Waals surface area contributed by atoms with Crippen LogP contribution in [0.5, 0.6) is 0 Å². The largest absolute Gasteiger partial charge is 0.381 e. The van der Waals surface area contributed by atoms with Gasteiger partial charge in [-0.3, -0.25) is 4.79 Å². The van der Waals surface area contributed by atoms with Crippen LogP contribution in [0.25, 0.3) is 0 Å². The molecule has 1 aliphatic heterocycles. The second-order valence-corrected chi connectivity index (χ2v) is 7.05. The van der Waals surface area contributed by atoms with Crippen molar-refractivity contribution in [3.05, 3.63) is 21.4 Å². The van der Waals surface area contributed by atoms with Gasteiger partial charge in [0.1, 0.15) is 0 Å². The van der Waals surface area contributed by atoms with E-state index in [1.165, 1.54) is 15.3 Å². The summed E-state index contributed by atoms with van der Waals surface area (Å²) in [5.41, 5.74) is 1.22. The summed E-state index contributed by atoms with van der Waals surface area (Å²) in [5.74, 6) is 0.0535. The molecule has 0 radical (unpaired) electrons. The average Bonchev–Trinajstić information content (AvgIpc) is 2.79. The number of ether oxygens (including phenoxy) is 2. The van der Waals surface area contributed by atoms with E-state index in [9.17, 15) is 4.79 Å². The van der Waals surface area contributed by atoms with Gasteiger partial charge in [0.15, 0.2) is 0 Å². The third kappa shape index (κ3) is 5.09. The number of carbonyl (C=O) groups excluding carboxylic acids is 1. The molecular formula is C16H25NO3S. The SMILES string of the molecule is Cc1cc(C(C)NC(=O)CCOC2CCOCC2)c(C)s1. The highest BCUT2D eigenvalue weighted by Crippen LogP contribution is 2.26. The van der Waals surface area contributed by atoms with E-state index >= 15 is 0 Å². The molecule has 1 unspecified atom stereocenters. The number of nitrogens with one attached hydrogen (secondary N) is 1. The molecule has 21 heavy (non-hydrogen) atoms. The Kier molecular flexibility index (Phi) is 6.21. The quantitative estimate of drug-likeness (QED) is 0.878. The first-order valence-corrected chi connectivity index (χ1v) is 8.43. The van der Waals surface area contributed by atoms with Crippen LogP contribution in [0.3, 0.4) is 0 Å². The molecule has 0 aromatic carbocycles. The highest BCUT2D eigenvalue weighted by Gasteiger charge is 2.16. The Balaban J connectivity index is 1.70. The van der Waals surface area contributed by atoms with Gasteiger partial charge in [-0.2, -0.15) is 0 Å². The van der Waals surface area contributed by atoms with Gasteiger partial charge < -0.3 is 14.8 Å². The van der Waals surface area contributed by atoms with E-state index in [0.29, 0.717) is 13.0 Å². The Morgan fingerprint density at radius 3 is 2.81 bits per heavy atom. The van der Waals surface area contributed by atoms with Crippen molar-refractivity contribution < 1.29 is 14.3 Å². The van der Waals surface area contributed by atoms with Crippen molar-refractivity contribution in [2.75, 3.05) is 19.8 Å².